The van der Waals surface area contributed by atoms with Crippen LogP contribution in [0.5, 0.6) is 5.75 Å². The average Bonchev–Trinajstić information content (AvgIpc) is 3.36. The van der Waals surface area contributed by atoms with Crippen molar-refractivity contribution in [2.24, 2.45) is 5.92 Å². The van der Waals surface area contributed by atoms with Crippen LogP contribution in [0, 0.1) is 5.92 Å². The molecule has 3 heterocycles. The summed E-state index contributed by atoms with van der Waals surface area (Å²) in [6, 6.07) is 10.1. The Morgan fingerprint density at radius 2 is 1.88 bits per heavy atom. The molecule has 0 bridgehead atoms. The van der Waals surface area contributed by atoms with E-state index in [9.17, 15) is 9.90 Å². The quantitative estimate of drug-likeness (QED) is 0.446. The minimum atomic E-state index is -0.168. The molecule has 2 fully saturated rings. The molecule has 3 aromatic rings. The summed E-state index contributed by atoms with van der Waals surface area (Å²) in [6.07, 6.45) is 10.6. The first-order valence-corrected chi connectivity index (χ1v) is 13.7. The fourth-order valence-corrected chi connectivity index (χ4v) is 7.09. The number of nitrogens with one attached hydrogen (secondary N) is 1. The summed E-state index contributed by atoms with van der Waals surface area (Å²) in [7, 11) is 0. The molecule has 1 aliphatic carbocycles. The highest BCUT2D eigenvalue weighted by atomic mass is 79.9. The lowest BCUT2D eigenvalue weighted by atomic mass is 9.83. The maximum Gasteiger partial charge on any atom is 0.281 e. The number of aromatic hydroxyl groups is 1. The zero-order chi connectivity index (χ0) is 23.2. The van der Waals surface area contributed by atoms with Gasteiger partial charge in [-0.2, -0.15) is 4.98 Å². The first-order chi connectivity index (χ1) is 16.6. The van der Waals surface area contributed by atoms with E-state index < -0.39 is 0 Å². The molecule has 1 aromatic heterocycles. The SMILES string of the molecule is O=c1nc2n(c3cccc(Br)c13)-c1cc(O)c(C3CCNCC3)cc1CC2CCC1CCCC1. The molecule has 2 aromatic carbocycles. The van der Waals surface area contributed by atoms with Crippen molar-refractivity contribution in [2.45, 2.75) is 69.6 Å². The molecule has 0 radical (unpaired) electrons. The van der Waals surface area contributed by atoms with Crippen molar-refractivity contribution in [2.75, 3.05) is 13.1 Å². The summed E-state index contributed by atoms with van der Waals surface area (Å²) in [5.41, 5.74) is 4.02. The summed E-state index contributed by atoms with van der Waals surface area (Å²) in [5.74, 6) is 2.64. The first-order valence-electron chi connectivity index (χ1n) is 12.9. The number of phenolic OH excluding ortho intramolecular Hbond substituents is 1. The average molecular weight is 522 g/mol. The second kappa shape index (κ2) is 9.12. The molecule has 0 spiro atoms. The van der Waals surface area contributed by atoms with E-state index in [2.05, 4.69) is 36.9 Å². The summed E-state index contributed by atoms with van der Waals surface area (Å²) < 4.78 is 2.92. The van der Waals surface area contributed by atoms with E-state index in [1.807, 2.05) is 24.3 Å². The van der Waals surface area contributed by atoms with E-state index in [0.29, 0.717) is 17.1 Å². The number of halogens is 1. The molecule has 34 heavy (non-hydrogen) atoms. The van der Waals surface area contributed by atoms with Crippen molar-refractivity contribution >= 4 is 26.8 Å². The molecular weight excluding hydrogens is 490 g/mol. The fourth-order valence-electron chi connectivity index (χ4n) is 6.57. The van der Waals surface area contributed by atoms with E-state index in [1.54, 1.807) is 0 Å². The fraction of sp³-hybridized carbons (Fsp3) is 0.500. The Morgan fingerprint density at radius 3 is 2.68 bits per heavy atom. The van der Waals surface area contributed by atoms with Gasteiger partial charge in [0.15, 0.2) is 0 Å². The molecule has 6 rings (SSSR count). The highest BCUT2D eigenvalue weighted by Crippen LogP contribution is 2.43. The van der Waals surface area contributed by atoms with Crippen LogP contribution in [0.2, 0.25) is 0 Å². The van der Waals surface area contributed by atoms with Crippen LogP contribution in [-0.2, 0) is 6.42 Å². The molecule has 2 aliphatic heterocycles. The van der Waals surface area contributed by atoms with Gasteiger partial charge in [0.1, 0.15) is 11.6 Å². The zero-order valence-electron chi connectivity index (χ0n) is 19.5. The van der Waals surface area contributed by atoms with Gasteiger partial charge in [0, 0.05) is 16.5 Å². The number of hydrogen-bond acceptors (Lipinski definition) is 4. The van der Waals surface area contributed by atoms with Gasteiger partial charge in [0.2, 0.25) is 0 Å². The maximum absolute atomic E-state index is 13.1. The van der Waals surface area contributed by atoms with Gasteiger partial charge in [-0.05, 0) is 102 Å². The van der Waals surface area contributed by atoms with Crippen LogP contribution in [0.1, 0.15) is 80.2 Å². The minimum absolute atomic E-state index is 0.168. The van der Waals surface area contributed by atoms with Crippen LogP contribution in [0.3, 0.4) is 0 Å². The van der Waals surface area contributed by atoms with Gasteiger partial charge < -0.3 is 10.4 Å². The number of phenols is 1. The number of fused-ring (bicyclic) bond motifs is 5. The Labute approximate surface area is 208 Å². The van der Waals surface area contributed by atoms with Gasteiger partial charge in [0.25, 0.3) is 5.56 Å². The number of rotatable bonds is 4. The number of piperidine rings is 1. The third-order valence-corrected chi connectivity index (χ3v) is 9.03. The summed E-state index contributed by atoms with van der Waals surface area (Å²) in [6.45, 7) is 2.00. The lowest BCUT2D eigenvalue weighted by molar-refractivity contribution is 0.419. The molecule has 2 N–H and O–H groups in total. The van der Waals surface area contributed by atoms with Gasteiger partial charge in [-0.1, -0.05) is 31.7 Å². The van der Waals surface area contributed by atoms with Crippen molar-refractivity contribution < 1.29 is 5.11 Å². The van der Waals surface area contributed by atoms with Gasteiger partial charge in [-0.3, -0.25) is 9.36 Å². The second-order valence-corrected chi connectivity index (χ2v) is 11.3. The van der Waals surface area contributed by atoms with Gasteiger partial charge >= 0.3 is 0 Å². The third-order valence-electron chi connectivity index (χ3n) is 8.37. The highest BCUT2D eigenvalue weighted by Gasteiger charge is 2.31. The Kier molecular flexibility index (Phi) is 5.98. The predicted molar refractivity (Wildman–Crippen MR) is 139 cm³/mol. The number of aromatic nitrogens is 2. The highest BCUT2D eigenvalue weighted by molar-refractivity contribution is 9.10. The Balaban J connectivity index is 1.50. The zero-order valence-corrected chi connectivity index (χ0v) is 21.1. The van der Waals surface area contributed by atoms with E-state index in [1.165, 1.54) is 37.7 Å². The first kappa shape index (κ1) is 22.3. The lowest BCUT2D eigenvalue weighted by Crippen LogP contribution is -2.28. The van der Waals surface area contributed by atoms with Crippen molar-refractivity contribution in [3.05, 3.63) is 62.1 Å². The van der Waals surface area contributed by atoms with Crippen molar-refractivity contribution in [1.29, 1.82) is 0 Å². The normalized spacial score (nSPS) is 21.0. The molecule has 1 saturated heterocycles. The van der Waals surface area contributed by atoms with Crippen LogP contribution in [0.15, 0.2) is 39.6 Å². The molecule has 1 unspecified atom stereocenters. The third kappa shape index (κ3) is 3.89. The van der Waals surface area contributed by atoms with Crippen molar-refractivity contribution in [3.8, 4) is 11.4 Å². The molecule has 1 atom stereocenters. The monoisotopic (exact) mass is 521 g/mol. The lowest BCUT2D eigenvalue weighted by Gasteiger charge is -2.32. The molecule has 178 valence electrons. The second-order valence-electron chi connectivity index (χ2n) is 10.4. The topological polar surface area (TPSA) is 67.2 Å². The van der Waals surface area contributed by atoms with Crippen molar-refractivity contribution in [1.82, 2.24) is 14.9 Å². The number of hydrogen-bond donors (Lipinski definition) is 2. The molecule has 5 nitrogen and oxygen atoms in total. The Hall–Kier alpha value is -2.18. The molecule has 0 amide bonds. The van der Waals surface area contributed by atoms with Crippen LogP contribution < -0.4 is 10.9 Å². The van der Waals surface area contributed by atoms with Gasteiger partial charge in [0.05, 0.1) is 16.6 Å². The van der Waals surface area contributed by atoms with E-state index in [0.717, 1.165) is 71.8 Å². The van der Waals surface area contributed by atoms with E-state index in [4.69, 9.17) is 0 Å². The van der Waals surface area contributed by atoms with Crippen LogP contribution in [-0.4, -0.2) is 27.7 Å². The van der Waals surface area contributed by atoms with Crippen molar-refractivity contribution in [3.63, 3.8) is 0 Å². The largest absolute Gasteiger partial charge is 0.508 e. The molecular formula is C28H32BrN3O2. The smallest absolute Gasteiger partial charge is 0.281 e. The standard InChI is InChI=1S/C28H32BrN3O2/c29-22-6-3-7-23-26(22)28(34)31-27-19(9-8-17-4-1-2-5-17)14-20-15-21(18-10-12-30-13-11-18)25(33)16-24(20)32(23)27/h3,6-7,15-19,30,33H,1-2,4-5,8-14H2. The minimum Gasteiger partial charge on any atom is -0.508 e. The van der Waals surface area contributed by atoms with Crippen LogP contribution in [0.25, 0.3) is 16.6 Å². The predicted octanol–water partition coefficient (Wildman–Crippen LogP) is 5.93. The summed E-state index contributed by atoms with van der Waals surface area (Å²) in [4.78, 5) is 17.8. The number of benzene rings is 2. The van der Waals surface area contributed by atoms with Crippen LogP contribution in [0.4, 0.5) is 0 Å². The van der Waals surface area contributed by atoms with E-state index in [-0.39, 0.29) is 11.5 Å². The maximum atomic E-state index is 13.1. The van der Waals surface area contributed by atoms with Gasteiger partial charge in [-0.25, -0.2) is 0 Å². The van der Waals surface area contributed by atoms with E-state index >= 15 is 0 Å². The molecule has 1 saturated carbocycles. The van der Waals surface area contributed by atoms with Crippen LogP contribution >= 0.6 is 15.9 Å². The summed E-state index contributed by atoms with van der Waals surface area (Å²) in [5, 5.41) is 15.2. The Bertz CT molecular complexity index is 1290. The molecule has 6 heteroatoms. The van der Waals surface area contributed by atoms with Gasteiger partial charge in [-0.15, -0.1) is 0 Å². The Morgan fingerprint density at radius 1 is 1.09 bits per heavy atom. The summed E-state index contributed by atoms with van der Waals surface area (Å²) >= 11 is 3.58. The molecule has 3 aliphatic rings. The number of nitrogens with zero attached hydrogens (tertiary/aromatic N) is 2.